The Hall–Kier alpha value is -2.41. The number of anilines is 1. The van der Waals surface area contributed by atoms with Crippen LogP contribution in [0.15, 0.2) is 40.7 Å². The van der Waals surface area contributed by atoms with Crippen LogP contribution in [0.3, 0.4) is 0 Å². The number of ether oxygens (including phenoxy) is 1. The Balaban J connectivity index is 1.84. The van der Waals surface area contributed by atoms with Gasteiger partial charge >= 0.3 is 11.7 Å². The van der Waals surface area contributed by atoms with Crippen molar-refractivity contribution in [2.75, 3.05) is 12.3 Å². The number of esters is 1. The van der Waals surface area contributed by atoms with Gasteiger partial charge < -0.3 is 10.5 Å². The summed E-state index contributed by atoms with van der Waals surface area (Å²) < 4.78 is 6.62. The molecule has 7 heteroatoms. The van der Waals surface area contributed by atoms with Crippen LogP contribution in [0.5, 0.6) is 0 Å². The van der Waals surface area contributed by atoms with Gasteiger partial charge in [-0.2, -0.15) is 4.98 Å². The molecule has 0 unspecified atom stereocenters. The smallest absolute Gasteiger partial charge is 0.350 e. The molecule has 1 aliphatic carbocycles. The molecule has 2 heterocycles. The van der Waals surface area contributed by atoms with Gasteiger partial charge in [0.25, 0.3) is 0 Å². The summed E-state index contributed by atoms with van der Waals surface area (Å²) in [6, 6.07) is 3.77. The van der Waals surface area contributed by atoms with E-state index in [1.165, 1.54) is 6.92 Å². The molecule has 0 spiro atoms. The first-order chi connectivity index (χ1) is 11.0. The zero-order valence-electron chi connectivity index (χ0n) is 12.6. The Morgan fingerprint density at radius 3 is 3.04 bits per heavy atom. The fraction of sp³-hybridized carbons (Fsp3) is 0.312. The number of nitrogens with zero attached hydrogens (tertiary/aromatic N) is 2. The maximum absolute atomic E-state index is 12.2. The highest BCUT2D eigenvalue weighted by Gasteiger charge is 2.23. The number of hydrogen-bond donors (Lipinski definition) is 1. The number of nitrogens with two attached hydrogens (primary N) is 1. The lowest BCUT2D eigenvalue weighted by atomic mass is 10.1. The molecule has 1 aliphatic rings. The van der Waals surface area contributed by atoms with Gasteiger partial charge in [0.15, 0.2) is 0 Å². The predicted octanol–water partition coefficient (Wildman–Crippen LogP) is 2.23. The van der Waals surface area contributed by atoms with E-state index in [-0.39, 0.29) is 29.4 Å². The molecule has 2 aromatic rings. The topological polar surface area (TPSA) is 87.2 Å². The molecule has 0 saturated heterocycles. The summed E-state index contributed by atoms with van der Waals surface area (Å²) in [7, 11) is 0. The van der Waals surface area contributed by atoms with Crippen LogP contribution in [-0.4, -0.2) is 22.1 Å². The summed E-state index contributed by atoms with van der Waals surface area (Å²) in [6.07, 6.45) is 6.38. The SMILES string of the molecule is CC(=O)OC[C@H]1C=C[C@@H](n2cc(-c3cccs3)c(N)nc2=O)C1. The summed E-state index contributed by atoms with van der Waals surface area (Å²) in [5, 5.41) is 1.95. The van der Waals surface area contributed by atoms with E-state index in [2.05, 4.69) is 4.98 Å². The first kappa shape index (κ1) is 15.5. The lowest BCUT2D eigenvalue weighted by Crippen LogP contribution is -2.27. The standard InChI is InChI=1S/C16H17N3O3S/c1-10(20)22-9-11-4-5-12(7-11)19-8-13(14-3-2-6-23-14)15(17)18-16(19)21/h2-6,8,11-12H,7,9H2,1H3,(H2,17,18,21)/t11-,12+/m0/s1. The monoisotopic (exact) mass is 331 g/mol. The highest BCUT2D eigenvalue weighted by atomic mass is 32.1. The third kappa shape index (κ3) is 3.34. The summed E-state index contributed by atoms with van der Waals surface area (Å²) >= 11 is 1.55. The summed E-state index contributed by atoms with van der Waals surface area (Å²) in [5.74, 6) is 0.0545. The van der Waals surface area contributed by atoms with Crippen molar-refractivity contribution in [3.8, 4) is 10.4 Å². The van der Waals surface area contributed by atoms with E-state index >= 15 is 0 Å². The molecule has 0 aliphatic heterocycles. The number of thiophene rings is 1. The highest BCUT2D eigenvalue weighted by Crippen LogP contribution is 2.31. The van der Waals surface area contributed by atoms with Gasteiger partial charge in [-0.25, -0.2) is 4.79 Å². The Labute approximate surface area is 137 Å². The first-order valence-electron chi connectivity index (χ1n) is 7.29. The van der Waals surface area contributed by atoms with Crippen LogP contribution < -0.4 is 11.4 Å². The third-order valence-electron chi connectivity index (χ3n) is 3.78. The van der Waals surface area contributed by atoms with E-state index in [1.54, 1.807) is 22.1 Å². The normalized spacial score (nSPS) is 19.9. The predicted molar refractivity (Wildman–Crippen MR) is 89.1 cm³/mol. The number of allylic oxidation sites excluding steroid dienone is 1. The minimum Gasteiger partial charge on any atom is -0.465 e. The first-order valence-corrected chi connectivity index (χ1v) is 8.17. The van der Waals surface area contributed by atoms with E-state index < -0.39 is 0 Å². The second-order valence-corrected chi connectivity index (χ2v) is 6.41. The van der Waals surface area contributed by atoms with Gasteiger partial charge in [-0.15, -0.1) is 11.3 Å². The number of rotatable bonds is 4. The summed E-state index contributed by atoms with van der Waals surface area (Å²) in [4.78, 5) is 28.0. The maximum atomic E-state index is 12.2. The molecule has 23 heavy (non-hydrogen) atoms. The van der Waals surface area contributed by atoms with Crippen molar-refractivity contribution < 1.29 is 9.53 Å². The van der Waals surface area contributed by atoms with E-state index in [0.717, 1.165) is 10.4 Å². The second-order valence-electron chi connectivity index (χ2n) is 5.46. The van der Waals surface area contributed by atoms with Crippen LogP contribution in [0.25, 0.3) is 10.4 Å². The van der Waals surface area contributed by atoms with Gasteiger partial charge in [-0.1, -0.05) is 18.2 Å². The van der Waals surface area contributed by atoms with Crippen molar-refractivity contribution in [1.29, 1.82) is 0 Å². The zero-order valence-corrected chi connectivity index (χ0v) is 13.5. The molecule has 0 amide bonds. The van der Waals surface area contributed by atoms with Gasteiger partial charge in [0.05, 0.1) is 18.2 Å². The number of aromatic nitrogens is 2. The second kappa shape index (κ2) is 6.37. The lowest BCUT2D eigenvalue weighted by molar-refractivity contribution is -0.141. The molecule has 0 radical (unpaired) electrons. The molecular formula is C16H17N3O3S. The maximum Gasteiger partial charge on any atom is 0.350 e. The number of carbonyl (C=O) groups excluding carboxylic acids is 1. The van der Waals surface area contributed by atoms with E-state index in [4.69, 9.17) is 10.5 Å². The fourth-order valence-electron chi connectivity index (χ4n) is 2.65. The van der Waals surface area contributed by atoms with Crippen LogP contribution in [-0.2, 0) is 9.53 Å². The van der Waals surface area contributed by atoms with Crippen molar-refractivity contribution in [2.24, 2.45) is 5.92 Å². The highest BCUT2D eigenvalue weighted by molar-refractivity contribution is 7.13. The molecule has 2 aromatic heterocycles. The summed E-state index contributed by atoms with van der Waals surface area (Å²) in [6.45, 7) is 1.72. The lowest BCUT2D eigenvalue weighted by Gasteiger charge is -2.16. The minimum atomic E-state index is -0.370. The molecule has 0 bridgehead atoms. The van der Waals surface area contributed by atoms with Crippen molar-refractivity contribution >= 4 is 23.1 Å². The van der Waals surface area contributed by atoms with Crippen LogP contribution >= 0.6 is 11.3 Å². The van der Waals surface area contributed by atoms with Crippen LogP contribution in [0.4, 0.5) is 5.82 Å². The molecule has 0 saturated carbocycles. The van der Waals surface area contributed by atoms with E-state index in [0.29, 0.717) is 13.0 Å². The molecular weight excluding hydrogens is 314 g/mol. The third-order valence-corrected chi connectivity index (χ3v) is 4.68. The van der Waals surface area contributed by atoms with Crippen molar-refractivity contribution in [2.45, 2.75) is 19.4 Å². The van der Waals surface area contributed by atoms with Gasteiger partial charge in [-0.05, 0) is 17.9 Å². The molecule has 120 valence electrons. The molecule has 2 N–H and O–H groups in total. The summed E-state index contributed by atoms with van der Waals surface area (Å²) in [5.41, 5.74) is 6.29. The average Bonchev–Trinajstić information content (AvgIpc) is 3.16. The van der Waals surface area contributed by atoms with E-state index in [9.17, 15) is 9.59 Å². The Morgan fingerprint density at radius 2 is 2.35 bits per heavy atom. The number of nitrogen functional groups attached to an aromatic ring is 1. The fourth-order valence-corrected chi connectivity index (χ4v) is 3.39. The Kier molecular flexibility index (Phi) is 4.29. The zero-order chi connectivity index (χ0) is 16.4. The van der Waals surface area contributed by atoms with Crippen LogP contribution in [0.2, 0.25) is 0 Å². The number of carbonyl (C=O) groups is 1. The van der Waals surface area contributed by atoms with Gasteiger partial charge in [0.1, 0.15) is 5.82 Å². The minimum absolute atomic E-state index is 0.102. The average molecular weight is 331 g/mol. The molecule has 2 atom stereocenters. The van der Waals surface area contributed by atoms with Gasteiger partial charge in [0.2, 0.25) is 0 Å². The quantitative estimate of drug-likeness (QED) is 0.686. The Morgan fingerprint density at radius 1 is 1.52 bits per heavy atom. The van der Waals surface area contributed by atoms with Crippen molar-refractivity contribution in [3.63, 3.8) is 0 Å². The van der Waals surface area contributed by atoms with Gasteiger partial charge in [0, 0.05) is 23.9 Å². The van der Waals surface area contributed by atoms with Crippen molar-refractivity contribution in [3.05, 3.63) is 46.3 Å². The molecule has 0 fully saturated rings. The van der Waals surface area contributed by atoms with Crippen LogP contribution in [0, 0.1) is 5.92 Å². The molecule has 0 aromatic carbocycles. The van der Waals surface area contributed by atoms with Gasteiger partial charge in [-0.3, -0.25) is 9.36 Å². The van der Waals surface area contributed by atoms with Crippen LogP contribution in [0.1, 0.15) is 19.4 Å². The number of hydrogen-bond acceptors (Lipinski definition) is 6. The van der Waals surface area contributed by atoms with Crippen molar-refractivity contribution in [1.82, 2.24) is 9.55 Å². The largest absolute Gasteiger partial charge is 0.465 e. The Bertz CT molecular complexity index is 795. The van der Waals surface area contributed by atoms with E-state index in [1.807, 2.05) is 29.7 Å². The molecule has 3 rings (SSSR count). The molecule has 6 nitrogen and oxygen atoms in total.